The number of nitrogens with zero attached hydrogens (tertiary/aromatic N) is 2. The molecule has 0 saturated heterocycles. The number of H-pyrrole nitrogens is 1. The van der Waals surface area contributed by atoms with Gasteiger partial charge in [0, 0.05) is 6.54 Å². The van der Waals surface area contributed by atoms with Crippen LogP contribution in [0.25, 0.3) is 0 Å². The Kier molecular flexibility index (Phi) is 3.56. The number of thioether (sulfide) groups is 1. The Hall–Kier alpha value is -1.24. The van der Waals surface area contributed by atoms with Crippen LogP contribution < -0.4 is 5.69 Å². The first-order chi connectivity index (χ1) is 8.13. The van der Waals surface area contributed by atoms with E-state index in [0.717, 1.165) is 19.3 Å². The van der Waals surface area contributed by atoms with Crippen LogP contribution in [-0.2, 0) is 11.3 Å². The predicted molar refractivity (Wildman–Crippen MR) is 63.1 cm³/mol. The predicted octanol–water partition coefficient (Wildman–Crippen LogP) is 0.937. The highest BCUT2D eigenvalue weighted by molar-refractivity contribution is 8.00. The fourth-order valence-electron chi connectivity index (χ4n) is 1.67. The van der Waals surface area contributed by atoms with Crippen LogP contribution in [0.5, 0.6) is 0 Å². The second-order valence-electron chi connectivity index (χ2n) is 4.18. The molecule has 1 unspecified atom stereocenters. The number of aliphatic carboxylic acids is 1. The van der Waals surface area contributed by atoms with Crippen molar-refractivity contribution in [3.05, 3.63) is 10.5 Å². The highest BCUT2D eigenvalue weighted by Gasteiger charge is 2.38. The monoisotopic (exact) mass is 257 g/mol. The van der Waals surface area contributed by atoms with Gasteiger partial charge in [-0.05, 0) is 25.2 Å². The molecule has 1 aromatic heterocycles. The van der Waals surface area contributed by atoms with Gasteiger partial charge in [-0.3, -0.25) is 9.36 Å². The molecule has 1 aromatic rings. The van der Waals surface area contributed by atoms with Crippen LogP contribution in [0.2, 0.25) is 0 Å². The highest BCUT2D eigenvalue weighted by atomic mass is 32.2. The summed E-state index contributed by atoms with van der Waals surface area (Å²) in [5.41, 5.74) is -0.269. The summed E-state index contributed by atoms with van der Waals surface area (Å²) in [6, 6.07) is 0. The number of carboxylic acids is 1. The summed E-state index contributed by atoms with van der Waals surface area (Å²) in [6.07, 6.45) is 2.72. The van der Waals surface area contributed by atoms with Crippen molar-refractivity contribution >= 4 is 17.7 Å². The zero-order valence-electron chi connectivity index (χ0n) is 9.55. The number of carboxylic acid groups (broad SMARTS) is 1. The van der Waals surface area contributed by atoms with Crippen molar-refractivity contribution in [2.75, 3.05) is 0 Å². The van der Waals surface area contributed by atoms with Gasteiger partial charge in [-0.1, -0.05) is 18.7 Å². The highest BCUT2D eigenvalue weighted by Crippen LogP contribution is 2.41. The van der Waals surface area contributed by atoms with Crippen LogP contribution in [0, 0.1) is 5.92 Å². The number of hydrogen-bond acceptors (Lipinski definition) is 4. The van der Waals surface area contributed by atoms with E-state index in [9.17, 15) is 9.59 Å². The van der Waals surface area contributed by atoms with Gasteiger partial charge in [0.05, 0.1) is 0 Å². The van der Waals surface area contributed by atoms with Crippen LogP contribution in [0.1, 0.15) is 26.2 Å². The van der Waals surface area contributed by atoms with Crippen molar-refractivity contribution in [2.24, 2.45) is 5.92 Å². The average Bonchev–Trinajstić information content (AvgIpc) is 3.05. The maximum atomic E-state index is 11.5. The normalized spacial score (nSPS) is 17.0. The summed E-state index contributed by atoms with van der Waals surface area (Å²) in [5.74, 6) is -0.602. The Morgan fingerprint density at radius 3 is 2.94 bits per heavy atom. The number of carbonyl (C=O) groups is 1. The number of nitrogens with one attached hydrogen (secondary N) is 1. The molecule has 0 amide bonds. The Labute approximate surface area is 102 Å². The van der Waals surface area contributed by atoms with E-state index in [1.54, 1.807) is 0 Å². The van der Waals surface area contributed by atoms with Crippen LogP contribution in [-0.4, -0.2) is 31.1 Å². The molecule has 0 aliphatic heterocycles. The molecule has 1 aliphatic rings. The lowest BCUT2D eigenvalue weighted by Crippen LogP contribution is -2.21. The van der Waals surface area contributed by atoms with E-state index >= 15 is 0 Å². The summed E-state index contributed by atoms with van der Waals surface area (Å²) in [4.78, 5) is 22.6. The molecule has 1 atom stereocenters. The molecule has 94 valence electrons. The topological polar surface area (TPSA) is 88.0 Å². The number of rotatable bonds is 6. The number of aromatic nitrogens is 3. The van der Waals surface area contributed by atoms with Gasteiger partial charge in [0.15, 0.2) is 5.16 Å². The largest absolute Gasteiger partial charge is 0.480 e. The summed E-state index contributed by atoms with van der Waals surface area (Å²) in [7, 11) is 0. The van der Waals surface area contributed by atoms with Crippen molar-refractivity contribution in [1.29, 1.82) is 0 Å². The van der Waals surface area contributed by atoms with Gasteiger partial charge in [0.25, 0.3) is 0 Å². The van der Waals surface area contributed by atoms with E-state index in [1.165, 1.54) is 16.3 Å². The van der Waals surface area contributed by atoms with E-state index in [0.29, 0.717) is 11.7 Å². The fourth-order valence-corrected chi connectivity index (χ4v) is 2.87. The maximum Gasteiger partial charge on any atom is 0.343 e. The molecule has 1 fully saturated rings. The maximum absolute atomic E-state index is 11.5. The lowest BCUT2D eigenvalue weighted by atomic mass is 10.3. The Bertz CT molecular complexity index is 464. The van der Waals surface area contributed by atoms with E-state index in [4.69, 9.17) is 5.11 Å². The van der Waals surface area contributed by atoms with Gasteiger partial charge in [-0.2, -0.15) is 0 Å². The van der Waals surface area contributed by atoms with Gasteiger partial charge in [-0.15, -0.1) is 5.10 Å². The van der Waals surface area contributed by atoms with Crippen LogP contribution in [0.3, 0.4) is 0 Å². The minimum absolute atomic E-state index is 0.222. The van der Waals surface area contributed by atoms with Crippen LogP contribution >= 0.6 is 11.8 Å². The quantitative estimate of drug-likeness (QED) is 0.740. The smallest absolute Gasteiger partial charge is 0.343 e. The minimum Gasteiger partial charge on any atom is -0.480 e. The lowest BCUT2D eigenvalue weighted by molar-refractivity contribution is -0.136. The summed E-state index contributed by atoms with van der Waals surface area (Å²) in [6.45, 7) is 2.53. The number of hydrogen-bond donors (Lipinski definition) is 2. The first-order valence-electron chi connectivity index (χ1n) is 5.68. The molecule has 1 heterocycles. The minimum atomic E-state index is -0.823. The van der Waals surface area contributed by atoms with E-state index in [2.05, 4.69) is 10.2 Å². The van der Waals surface area contributed by atoms with Crippen molar-refractivity contribution in [3.63, 3.8) is 0 Å². The molecule has 0 bridgehead atoms. The van der Waals surface area contributed by atoms with Gasteiger partial charge in [-0.25, -0.2) is 9.89 Å². The molecular weight excluding hydrogens is 242 g/mol. The second-order valence-corrected chi connectivity index (χ2v) is 5.29. The first-order valence-corrected chi connectivity index (χ1v) is 6.56. The Morgan fingerprint density at radius 1 is 1.71 bits per heavy atom. The molecule has 2 rings (SSSR count). The van der Waals surface area contributed by atoms with Crippen molar-refractivity contribution in [3.8, 4) is 0 Å². The summed E-state index contributed by atoms with van der Waals surface area (Å²) in [5, 5.41) is 15.4. The Morgan fingerprint density at radius 2 is 2.41 bits per heavy atom. The second kappa shape index (κ2) is 4.95. The molecule has 1 aliphatic carbocycles. The molecule has 0 spiro atoms. The Balaban J connectivity index is 2.16. The zero-order chi connectivity index (χ0) is 12.4. The molecule has 1 saturated carbocycles. The molecule has 6 nitrogen and oxygen atoms in total. The third-order valence-electron chi connectivity index (χ3n) is 2.70. The van der Waals surface area contributed by atoms with Crippen molar-refractivity contribution in [1.82, 2.24) is 14.8 Å². The van der Waals surface area contributed by atoms with Crippen LogP contribution in [0.15, 0.2) is 9.95 Å². The zero-order valence-corrected chi connectivity index (χ0v) is 10.4. The third-order valence-corrected chi connectivity index (χ3v) is 4.06. The first kappa shape index (κ1) is 12.2. The lowest BCUT2D eigenvalue weighted by Gasteiger charge is -2.10. The molecule has 0 aromatic carbocycles. The van der Waals surface area contributed by atoms with E-state index < -0.39 is 11.2 Å². The summed E-state index contributed by atoms with van der Waals surface area (Å²) >= 11 is 1.18. The van der Waals surface area contributed by atoms with E-state index in [1.807, 2.05) is 6.92 Å². The average molecular weight is 257 g/mol. The van der Waals surface area contributed by atoms with Gasteiger partial charge >= 0.3 is 11.7 Å². The van der Waals surface area contributed by atoms with Crippen LogP contribution in [0.4, 0.5) is 0 Å². The SMILES string of the molecule is CCCn1c(SC(C(=O)O)C2CC2)n[nH]c1=O. The fraction of sp³-hybridized carbons (Fsp3) is 0.700. The molecular formula is C10H15N3O3S. The van der Waals surface area contributed by atoms with Gasteiger partial charge in [0.1, 0.15) is 5.25 Å². The van der Waals surface area contributed by atoms with Crippen molar-refractivity contribution in [2.45, 2.75) is 43.1 Å². The third kappa shape index (κ3) is 2.71. The molecule has 0 radical (unpaired) electrons. The summed E-state index contributed by atoms with van der Waals surface area (Å²) < 4.78 is 1.50. The van der Waals surface area contributed by atoms with E-state index in [-0.39, 0.29) is 11.6 Å². The van der Waals surface area contributed by atoms with Gasteiger partial charge in [0.2, 0.25) is 0 Å². The van der Waals surface area contributed by atoms with Gasteiger partial charge < -0.3 is 5.11 Å². The molecule has 7 heteroatoms. The van der Waals surface area contributed by atoms with Crippen molar-refractivity contribution < 1.29 is 9.90 Å². The number of aromatic amines is 1. The molecule has 2 N–H and O–H groups in total. The standard InChI is InChI=1S/C10H15N3O3S/c1-2-5-13-9(16)11-12-10(13)17-7(8(14)15)6-3-4-6/h6-7H,2-5H2,1H3,(H,11,16)(H,14,15). The molecule has 17 heavy (non-hydrogen) atoms.